The maximum atomic E-state index is 11.9. The van der Waals surface area contributed by atoms with Crippen molar-refractivity contribution in [2.75, 3.05) is 31.9 Å². The molecule has 0 saturated carbocycles. The number of aromatic nitrogens is 4. The highest BCUT2D eigenvalue weighted by atomic mass is 16.5. The smallest absolute Gasteiger partial charge is 0.322 e. The van der Waals surface area contributed by atoms with Gasteiger partial charge in [-0.1, -0.05) is 18.2 Å². The Kier molecular flexibility index (Phi) is 5.98. The van der Waals surface area contributed by atoms with E-state index in [1.807, 2.05) is 64.2 Å². The third-order valence-electron chi connectivity index (χ3n) is 5.71. The highest BCUT2D eigenvalue weighted by Gasteiger charge is 2.33. The van der Waals surface area contributed by atoms with Gasteiger partial charge in [0.1, 0.15) is 35.9 Å². The molecule has 1 amide bonds. The minimum absolute atomic E-state index is 0.00601. The number of carboxylic acid groups (broad SMARTS) is 1. The van der Waals surface area contributed by atoms with Crippen LogP contribution < -0.4 is 15.8 Å². The first-order chi connectivity index (χ1) is 17.0. The zero-order valence-corrected chi connectivity index (χ0v) is 18.7. The Labute approximate surface area is 200 Å². The van der Waals surface area contributed by atoms with E-state index in [0.29, 0.717) is 41.4 Å². The molecule has 178 valence electrons. The van der Waals surface area contributed by atoms with Crippen molar-refractivity contribution in [2.24, 2.45) is 0 Å². The Morgan fingerprint density at radius 1 is 1.06 bits per heavy atom. The first kappa shape index (κ1) is 22.3. The van der Waals surface area contributed by atoms with E-state index < -0.39 is 12.5 Å². The van der Waals surface area contributed by atoms with E-state index >= 15 is 0 Å². The molecule has 35 heavy (non-hydrogen) atoms. The van der Waals surface area contributed by atoms with Crippen LogP contribution in [0.2, 0.25) is 0 Å². The van der Waals surface area contributed by atoms with Gasteiger partial charge in [-0.15, -0.1) is 0 Å². The maximum absolute atomic E-state index is 11.9. The van der Waals surface area contributed by atoms with Gasteiger partial charge in [0.15, 0.2) is 5.65 Å². The van der Waals surface area contributed by atoms with Crippen molar-refractivity contribution in [1.82, 2.24) is 30.0 Å². The molecule has 3 heterocycles. The fraction of sp³-hybridized carbons (Fsp3) is 0.208. The van der Waals surface area contributed by atoms with Gasteiger partial charge in [0.25, 0.3) is 0 Å². The zero-order chi connectivity index (χ0) is 24.4. The van der Waals surface area contributed by atoms with Gasteiger partial charge in [-0.3, -0.25) is 14.5 Å². The summed E-state index contributed by atoms with van der Waals surface area (Å²) in [6.07, 6.45) is 1.41. The molecule has 0 unspecified atom stereocenters. The van der Waals surface area contributed by atoms with Crippen molar-refractivity contribution in [1.29, 1.82) is 0 Å². The number of likely N-dealkylation sites (tertiary alicyclic amines) is 1. The highest BCUT2D eigenvalue weighted by molar-refractivity contribution is 5.98. The topological polar surface area (TPSA) is 148 Å². The van der Waals surface area contributed by atoms with E-state index in [9.17, 15) is 9.59 Å². The third-order valence-corrected chi connectivity index (χ3v) is 5.71. The number of fused-ring (bicyclic) bond motifs is 1. The number of nitrogens with one attached hydrogen (secondary N) is 1. The van der Waals surface area contributed by atoms with Gasteiger partial charge in [-0.05, 0) is 36.4 Å². The van der Waals surface area contributed by atoms with E-state index in [-0.39, 0.29) is 18.5 Å². The Balaban J connectivity index is 1.34. The molecule has 5 rings (SSSR count). The molecular weight excluding hydrogens is 450 g/mol. The van der Waals surface area contributed by atoms with Gasteiger partial charge in [0.2, 0.25) is 5.91 Å². The minimum atomic E-state index is -1.08. The number of para-hydroxylation sites is 1. The number of hydrogen-bond acceptors (Lipinski definition) is 8. The summed E-state index contributed by atoms with van der Waals surface area (Å²) in [5, 5.41) is 16.5. The largest absolute Gasteiger partial charge is 0.480 e. The number of carboxylic acids is 1. The molecule has 4 aromatic rings. The molecule has 1 fully saturated rings. The van der Waals surface area contributed by atoms with E-state index in [0.717, 1.165) is 11.3 Å². The molecule has 2 aromatic heterocycles. The second kappa shape index (κ2) is 9.39. The molecule has 0 atom stereocenters. The van der Waals surface area contributed by atoms with E-state index in [1.165, 1.54) is 6.33 Å². The number of nitrogens with zero attached hydrogens (tertiary/aromatic N) is 5. The quantitative estimate of drug-likeness (QED) is 0.349. The number of hydrogen-bond donors (Lipinski definition) is 3. The Hall–Kier alpha value is -4.51. The summed E-state index contributed by atoms with van der Waals surface area (Å²) in [6, 6.07) is 17.1. The van der Waals surface area contributed by atoms with Crippen LogP contribution in [0.4, 0.5) is 5.82 Å². The van der Waals surface area contributed by atoms with Crippen LogP contribution in [0.5, 0.6) is 11.5 Å². The van der Waals surface area contributed by atoms with Crippen molar-refractivity contribution in [3.05, 3.63) is 60.9 Å². The van der Waals surface area contributed by atoms with E-state index in [1.54, 1.807) is 0 Å². The monoisotopic (exact) mass is 473 g/mol. The second-order valence-corrected chi connectivity index (χ2v) is 8.21. The minimum Gasteiger partial charge on any atom is -0.480 e. The molecule has 0 aliphatic carbocycles. The predicted molar refractivity (Wildman–Crippen MR) is 128 cm³/mol. The Morgan fingerprint density at radius 3 is 2.49 bits per heavy atom. The van der Waals surface area contributed by atoms with Crippen molar-refractivity contribution in [2.45, 2.75) is 6.04 Å². The maximum Gasteiger partial charge on any atom is 0.322 e. The van der Waals surface area contributed by atoms with Crippen LogP contribution in [0.1, 0.15) is 6.04 Å². The van der Waals surface area contributed by atoms with Gasteiger partial charge in [0, 0.05) is 18.7 Å². The number of amides is 1. The molecule has 0 spiro atoms. The van der Waals surface area contributed by atoms with Crippen LogP contribution in [-0.4, -0.2) is 67.8 Å². The van der Waals surface area contributed by atoms with Crippen LogP contribution in [0.15, 0.2) is 60.9 Å². The third kappa shape index (κ3) is 4.75. The molecule has 11 heteroatoms. The zero-order valence-electron chi connectivity index (χ0n) is 18.7. The lowest BCUT2D eigenvalue weighted by Gasteiger charge is -2.38. The number of carbonyl (C=O) groups excluding carboxylic acids is 1. The second-order valence-electron chi connectivity index (χ2n) is 8.21. The lowest BCUT2D eigenvalue weighted by Crippen LogP contribution is -2.52. The molecule has 0 radical (unpaired) electrons. The van der Waals surface area contributed by atoms with E-state index in [4.69, 9.17) is 20.7 Å². The molecule has 11 nitrogen and oxygen atoms in total. The Morgan fingerprint density at radius 2 is 1.77 bits per heavy atom. The summed E-state index contributed by atoms with van der Waals surface area (Å²) in [7, 11) is 0. The normalized spacial score (nSPS) is 13.9. The first-order valence-corrected chi connectivity index (χ1v) is 11.0. The molecule has 4 N–H and O–H groups in total. The lowest BCUT2D eigenvalue weighted by atomic mass is 10.1. The molecular formula is C24H23N7O4. The number of benzene rings is 2. The van der Waals surface area contributed by atoms with Crippen molar-refractivity contribution >= 4 is 28.7 Å². The fourth-order valence-electron chi connectivity index (χ4n) is 4.02. The number of carbonyl (C=O) groups is 2. The molecule has 1 aliphatic heterocycles. The lowest BCUT2D eigenvalue weighted by molar-refractivity contribution is -0.138. The summed E-state index contributed by atoms with van der Waals surface area (Å²) in [5.41, 5.74) is 8.35. The van der Waals surface area contributed by atoms with Gasteiger partial charge in [0.05, 0.1) is 18.0 Å². The number of ether oxygens (including phenoxy) is 1. The van der Waals surface area contributed by atoms with Gasteiger partial charge < -0.3 is 20.9 Å². The molecule has 1 aliphatic rings. The number of nitrogen functional groups attached to an aromatic ring is 1. The molecule has 0 bridgehead atoms. The summed E-state index contributed by atoms with van der Waals surface area (Å²) in [5.74, 6) is 0.376. The SMILES string of the molecule is Nc1ncnc2c1c(-c1ccc(Oc3ccccc3)cc1)nn2C1CN(CC(=O)NCC(=O)O)C1. The van der Waals surface area contributed by atoms with E-state index in [2.05, 4.69) is 15.3 Å². The van der Waals surface area contributed by atoms with Crippen LogP contribution in [0, 0.1) is 0 Å². The highest BCUT2D eigenvalue weighted by Crippen LogP contribution is 2.34. The number of nitrogens with two attached hydrogens (primary N) is 1. The van der Waals surface area contributed by atoms with Crippen molar-refractivity contribution < 1.29 is 19.4 Å². The van der Waals surface area contributed by atoms with Gasteiger partial charge in [-0.25, -0.2) is 14.6 Å². The van der Waals surface area contributed by atoms with Crippen LogP contribution in [-0.2, 0) is 9.59 Å². The molecule has 1 saturated heterocycles. The number of rotatable bonds is 8. The van der Waals surface area contributed by atoms with Crippen LogP contribution in [0.25, 0.3) is 22.3 Å². The van der Waals surface area contributed by atoms with Crippen LogP contribution >= 0.6 is 0 Å². The standard InChI is InChI=1S/C24H23N7O4/c25-23-21-22(15-6-8-18(9-7-15)35-17-4-2-1-3-5-17)29-31(24(21)28-14-27-23)16-11-30(12-16)13-19(32)26-10-20(33)34/h1-9,14,16H,10-13H2,(H,26,32)(H,33,34)(H2,25,27,28). The van der Waals surface area contributed by atoms with Crippen molar-refractivity contribution in [3.8, 4) is 22.8 Å². The van der Waals surface area contributed by atoms with Crippen molar-refractivity contribution in [3.63, 3.8) is 0 Å². The summed E-state index contributed by atoms with van der Waals surface area (Å²) in [6.45, 7) is 0.874. The fourth-order valence-corrected chi connectivity index (χ4v) is 4.02. The summed E-state index contributed by atoms with van der Waals surface area (Å²) >= 11 is 0. The molecule has 2 aromatic carbocycles. The average molecular weight is 473 g/mol. The number of anilines is 1. The van der Waals surface area contributed by atoms with Gasteiger partial charge >= 0.3 is 5.97 Å². The predicted octanol–water partition coefficient (Wildman–Crippen LogP) is 1.93. The number of aliphatic carboxylic acids is 1. The average Bonchev–Trinajstić information content (AvgIpc) is 3.21. The first-order valence-electron chi connectivity index (χ1n) is 11.0. The summed E-state index contributed by atoms with van der Waals surface area (Å²) < 4.78 is 7.70. The summed E-state index contributed by atoms with van der Waals surface area (Å²) in [4.78, 5) is 33.0. The van der Waals surface area contributed by atoms with Gasteiger partial charge in [-0.2, -0.15) is 5.10 Å². The Bertz CT molecular complexity index is 1370. The van der Waals surface area contributed by atoms with Crippen LogP contribution in [0.3, 0.4) is 0 Å².